The molecule has 1 atom stereocenters. The van der Waals surface area contributed by atoms with Crippen LogP contribution in [0, 0.1) is 17.7 Å². The van der Waals surface area contributed by atoms with E-state index in [1.165, 1.54) is 4.72 Å². The zero-order valence-corrected chi connectivity index (χ0v) is 17.0. The van der Waals surface area contributed by atoms with Crippen molar-refractivity contribution in [3.8, 4) is 0 Å². The molecule has 1 amide bonds. The summed E-state index contributed by atoms with van der Waals surface area (Å²) in [7, 11) is -3.75. The van der Waals surface area contributed by atoms with Crippen LogP contribution in [0.5, 0.6) is 0 Å². The Morgan fingerprint density at radius 2 is 1.73 bits per heavy atom. The highest BCUT2D eigenvalue weighted by Gasteiger charge is 2.40. The Balaban J connectivity index is 2.45. The van der Waals surface area contributed by atoms with Gasteiger partial charge in [0.15, 0.2) is 0 Å². The van der Waals surface area contributed by atoms with Crippen LogP contribution in [0.4, 0.5) is 32.0 Å². The fourth-order valence-electron chi connectivity index (χ4n) is 2.15. The maximum absolute atomic E-state index is 13.8. The summed E-state index contributed by atoms with van der Waals surface area (Å²) in [6.07, 6.45) is -4.19. The minimum Gasteiger partial charge on any atom is -0.344 e. The fraction of sp³-hybridized carbons (Fsp3) is 0.286. The van der Waals surface area contributed by atoms with Crippen molar-refractivity contribution < 1.29 is 39.6 Å². The molecule has 0 aliphatic heterocycles. The molecule has 2 heterocycles. The third kappa shape index (κ3) is 4.66. The maximum atomic E-state index is 13.8. The summed E-state index contributed by atoms with van der Waals surface area (Å²) in [5.41, 5.74) is -1.82. The van der Waals surface area contributed by atoms with E-state index < -0.39 is 72.2 Å². The van der Waals surface area contributed by atoms with Gasteiger partial charge in [0.2, 0.25) is 21.8 Å². The van der Waals surface area contributed by atoms with Gasteiger partial charge in [-0.2, -0.15) is 36.0 Å². The van der Waals surface area contributed by atoms with Crippen LogP contribution in [-0.4, -0.2) is 36.1 Å². The lowest BCUT2D eigenvalue weighted by atomic mass is 10.3. The fourth-order valence-corrected chi connectivity index (χ4v) is 4.25. The predicted molar refractivity (Wildman–Crippen MR) is 93.3 cm³/mol. The molecule has 0 bridgehead atoms. The van der Waals surface area contributed by atoms with Crippen LogP contribution in [-0.2, 0) is 17.1 Å². The lowest BCUT2D eigenvalue weighted by Gasteiger charge is -2.16. The van der Waals surface area contributed by atoms with E-state index in [0.717, 1.165) is 11.6 Å². The van der Waals surface area contributed by atoms with Crippen molar-refractivity contribution in [3.63, 3.8) is 0 Å². The SMILES string of the molecule is C[C@@H](NS(=O)(=O)c1cn(C)c(C(=O)Nc2c(F)c(F)nc(F)c2Cl)c1Cl)C(F)(F)F. The van der Waals surface area contributed by atoms with Gasteiger partial charge in [-0.05, 0) is 6.92 Å². The van der Waals surface area contributed by atoms with Crippen molar-refractivity contribution in [1.29, 1.82) is 0 Å². The number of rotatable bonds is 5. The zero-order valence-electron chi connectivity index (χ0n) is 14.7. The standard InChI is InChI=1S/C14H10Cl2F6N4O3S/c1-4(14(20,21)22)25-30(28,29)5-3-26(2)10(6(5)15)13(27)23-9-7(16)11(18)24-12(19)8(9)17/h3-4,25H,1-2H3,(H,23,24,27)/t4-/m1/s1. The van der Waals surface area contributed by atoms with Crippen molar-refractivity contribution in [3.05, 3.63) is 39.6 Å². The van der Waals surface area contributed by atoms with Crippen molar-refractivity contribution in [1.82, 2.24) is 14.3 Å². The van der Waals surface area contributed by atoms with Crippen molar-refractivity contribution in [2.45, 2.75) is 24.0 Å². The van der Waals surface area contributed by atoms with Gasteiger partial charge in [-0.15, -0.1) is 0 Å². The van der Waals surface area contributed by atoms with E-state index in [-0.39, 0.29) is 0 Å². The highest BCUT2D eigenvalue weighted by atomic mass is 35.5. The first kappa shape index (κ1) is 24.2. The van der Waals surface area contributed by atoms with E-state index in [0.29, 0.717) is 13.1 Å². The second-order valence-electron chi connectivity index (χ2n) is 5.80. The topological polar surface area (TPSA) is 93.1 Å². The minimum atomic E-state index is -4.90. The molecule has 2 aromatic heterocycles. The molecule has 0 aromatic carbocycles. The third-order valence-electron chi connectivity index (χ3n) is 3.65. The van der Waals surface area contributed by atoms with Gasteiger partial charge in [-0.3, -0.25) is 4.79 Å². The van der Waals surface area contributed by atoms with Crippen LogP contribution in [0.3, 0.4) is 0 Å². The van der Waals surface area contributed by atoms with Gasteiger partial charge in [0.1, 0.15) is 27.3 Å². The number of sulfonamides is 1. The van der Waals surface area contributed by atoms with Crippen molar-refractivity contribution in [2.75, 3.05) is 5.32 Å². The van der Waals surface area contributed by atoms with E-state index in [9.17, 15) is 39.6 Å². The molecule has 0 saturated carbocycles. The molecule has 0 aliphatic carbocycles. The zero-order chi connectivity index (χ0) is 23.2. The maximum Gasteiger partial charge on any atom is 0.404 e. The van der Waals surface area contributed by atoms with E-state index in [4.69, 9.17) is 23.2 Å². The summed E-state index contributed by atoms with van der Waals surface area (Å²) < 4.78 is 105. The molecule has 0 aliphatic rings. The Hall–Kier alpha value is -2.03. The number of aryl methyl sites for hydroxylation is 1. The molecular formula is C14H10Cl2F6N4O3S. The number of amides is 1. The van der Waals surface area contributed by atoms with Crippen LogP contribution in [0.25, 0.3) is 0 Å². The summed E-state index contributed by atoms with van der Waals surface area (Å²) in [5.74, 6) is -6.73. The molecule has 0 spiro atoms. The molecule has 2 rings (SSSR count). The van der Waals surface area contributed by atoms with Gasteiger partial charge in [0.25, 0.3) is 11.9 Å². The van der Waals surface area contributed by atoms with Crippen LogP contribution < -0.4 is 10.0 Å². The smallest absolute Gasteiger partial charge is 0.344 e. The highest BCUT2D eigenvalue weighted by molar-refractivity contribution is 7.89. The van der Waals surface area contributed by atoms with Gasteiger partial charge < -0.3 is 9.88 Å². The Morgan fingerprint density at radius 3 is 2.27 bits per heavy atom. The lowest BCUT2D eigenvalue weighted by molar-refractivity contribution is -0.147. The van der Waals surface area contributed by atoms with Crippen molar-refractivity contribution in [2.24, 2.45) is 7.05 Å². The van der Waals surface area contributed by atoms with Crippen LogP contribution >= 0.6 is 23.2 Å². The number of pyridine rings is 1. The van der Waals surface area contributed by atoms with Gasteiger partial charge in [0.05, 0.1) is 5.02 Å². The average molecular weight is 499 g/mol. The first-order chi connectivity index (χ1) is 13.6. The van der Waals surface area contributed by atoms with E-state index in [2.05, 4.69) is 4.98 Å². The first-order valence-corrected chi connectivity index (χ1v) is 9.77. The van der Waals surface area contributed by atoms with Crippen molar-refractivity contribution >= 4 is 44.8 Å². The largest absolute Gasteiger partial charge is 0.404 e. The van der Waals surface area contributed by atoms with Gasteiger partial charge in [0, 0.05) is 13.2 Å². The van der Waals surface area contributed by atoms with Crippen LogP contribution in [0.15, 0.2) is 11.1 Å². The number of alkyl halides is 3. The minimum absolute atomic E-state index is 0.541. The number of carbonyl (C=O) groups is 1. The Bertz CT molecular complexity index is 1090. The summed E-state index contributed by atoms with van der Waals surface area (Å²) in [4.78, 5) is 14.0. The molecule has 0 radical (unpaired) electrons. The number of carbonyl (C=O) groups excluding carboxylic acids is 1. The summed E-state index contributed by atoms with van der Waals surface area (Å²) in [6, 6.07) is -2.48. The molecule has 0 fully saturated rings. The van der Waals surface area contributed by atoms with Crippen LogP contribution in [0.2, 0.25) is 10.0 Å². The second-order valence-corrected chi connectivity index (χ2v) is 8.24. The molecule has 30 heavy (non-hydrogen) atoms. The summed E-state index contributed by atoms with van der Waals surface area (Å²) in [5, 5.41) is -0.191. The number of halogens is 8. The monoisotopic (exact) mass is 498 g/mol. The quantitative estimate of drug-likeness (QED) is 0.486. The number of hydrogen-bond donors (Lipinski definition) is 2. The first-order valence-electron chi connectivity index (χ1n) is 7.53. The average Bonchev–Trinajstić information content (AvgIpc) is 2.91. The molecule has 0 saturated heterocycles. The van der Waals surface area contributed by atoms with Gasteiger partial charge in [-0.25, -0.2) is 8.42 Å². The lowest BCUT2D eigenvalue weighted by Crippen LogP contribution is -2.42. The molecule has 2 N–H and O–H groups in total. The number of aromatic nitrogens is 2. The van der Waals surface area contributed by atoms with E-state index >= 15 is 0 Å². The second kappa shape index (κ2) is 8.24. The third-order valence-corrected chi connectivity index (χ3v) is 6.04. The predicted octanol–water partition coefficient (Wildman–Crippen LogP) is 3.63. The van der Waals surface area contributed by atoms with E-state index in [1.807, 2.05) is 0 Å². The number of anilines is 1. The Kier molecular flexibility index (Phi) is 6.66. The normalized spacial score (nSPS) is 13.4. The molecule has 16 heteroatoms. The molecule has 2 aromatic rings. The molecule has 7 nitrogen and oxygen atoms in total. The number of hydrogen-bond acceptors (Lipinski definition) is 4. The molecule has 166 valence electrons. The summed E-state index contributed by atoms with van der Waals surface area (Å²) >= 11 is 11.3. The Labute approximate surface area is 175 Å². The number of nitrogens with one attached hydrogen (secondary N) is 2. The van der Waals surface area contributed by atoms with Crippen LogP contribution in [0.1, 0.15) is 17.4 Å². The number of nitrogens with zero attached hydrogens (tertiary/aromatic N) is 2. The van der Waals surface area contributed by atoms with Gasteiger partial charge in [-0.1, -0.05) is 23.2 Å². The molecule has 0 unspecified atom stereocenters. The van der Waals surface area contributed by atoms with E-state index in [1.54, 1.807) is 5.32 Å². The summed E-state index contributed by atoms with van der Waals surface area (Å²) in [6.45, 7) is 0.541. The highest BCUT2D eigenvalue weighted by Crippen LogP contribution is 2.32. The Morgan fingerprint density at radius 1 is 1.17 bits per heavy atom. The molecular weight excluding hydrogens is 489 g/mol. The van der Waals surface area contributed by atoms with Gasteiger partial charge >= 0.3 is 6.18 Å².